The molecule has 15 nitrogen and oxygen atoms in total. The molecule has 22 heteroatoms. The third-order valence-electron chi connectivity index (χ3n) is 5.74. The molecule has 0 radical (unpaired) electrons. The molecule has 0 unspecified atom stereocenters. The van der Waals surface area contributed by atoms with Gasteiger partial charge in [-0.25, -0.2) is 8.78 Å². The fourth-order valence-electron chi connectivity index (χ4n) is 3.89. The Morgan fingerprint density at radius 2 is 1.38 bits per heavy atom. The summed E-state index contributed by atoms with van der Waals surface area (Å²) in [6, 6.07) is 10.9. The van der Waals surface area contributed by atoms with Gasteiger partial charge in [-0.1, -0.05) is 35.5 Å². The smallest absolute Gasteiger partial charge is 1.00 e. The van der Waals surface area contributed by atoms with E-state index in [9.17, 15) is 35.2 Å². The second-order valence-electron chi connectivity index (χ2n) is 8.99. The van der Waals surface area contributed by atoms with Crippen molar-refractivity contribution in [3.63, 3.8) is 0 Å². The molecule has 2 saturated heterocycles. The fraction of sp³-hybridized carbons (Fsp3) is 0.464. The molecule has 274 valence electrons. The SMILES string of the molecule is C.CCOC(=O)CBr.CCOC(=O)CN1CCCN(c2cccc(F)c2)S1(=O)=O.O=CO[O-].O=S1(=O)NCCCN1c1cccc(F)c1.[H-].[K+].[K+]. The number of carbonyl (C=O) groups excluding carboxylic acids is 3. The summed E-state index contributed by atoms with van der Waals surface area (Å²) in [6.07, 6.45) is 1.27. The van der Waals surface area contributed by atoms with Crippen molar-refractivity contribution in [1.82, 2.24) is 9.03 Å². The van der Waals surface area contributed by atoms with E-state index in [4.69, 9.17) is 14.8 Å². The molecule has 2 aromatic carbocycles. The van der Waals surface area contributed by atoms with Gasteiger partial charge in [-0.15, -0.1) is 0 Å². The van der Waals surface area contributed by atoms with Gasteiger partial charge < -0.3 is 21.0 Å². The average Bonchev–Trinajstić information content (AvgIpc) is 3.02. The van der Waals surface area contributed by atoms with E-state index in [0.717, 1.165) is 21.1 Å². The molecule has 2 heterocycles. The van der Waals surface area contributed by atoms with Gasteiger partial charge in [0.1, 0.15) is 23.5 Å². The number of rotatable bonds is 8. The van der Waals surface area contributed by atoms with Crippen molar-refractivity contribution in [3.05, 3.63) is 60.2 Å². The minimum absolute atomic E-state index is 0. The summed E-state index contributed by atoms with van der Waals surface area (Å²) < 4.78 is 89.4. The predicted molar refractivity (Wildman–Crippen MR) is 176 cm³/mol. The van der Waals surface area contributed by atoms with Crippen LogP contribution in [-0.4, -0.2) is 90.8 Å². The monoisotopic (exact) mass is 868 g/mol. The number of nitrogens with one attached hydrogen (secondary N) is 1. The Bertz CT molecular complexity index is 1520. The van der Waals surface area contributed by atoms with Crippen LogP contribution >= 0.6 is 15.9 Å². The van der Waals surface area contributed by atoms with E-state index in [1.165, 1.54) is 40.7 Å². The van der Waals surface area contributed by atoms with Crippen LogP contribution in [-0.2, 0) is 49.2 Å². The standard InChI is InChI=1S/C13H17FN2O4S.C9H11FN2O2S.C4H7BrO2.CH2O3.CH4.2K.H/c1-2-20-13(17)10-15-7-4-8-16(21(15,18)19)12-6-3-5-11(14)9-12;10-8-3-1-4-9(7-8)12-6-2-5-11-15(12,13)14;1-2-7-4(6)3-5;2-1-4-3;;;;/h3,5-6,9H,2,4,7-8,10H2,1H3;1,3-4,7,11H,2,5-6H2;2-3H2,1H3;1,3H;1H4;;;/q;;;;;2*+1;-1/p-1. The Morgan fingerprint density at radius 3 is 1.80 bits per heavy atom. The summed E-state index contributed by atoms with van der Waals surface area (Å²) in [5.41, 5.74) is 0.616. The van der Waals surface area contributed by atoms with E-state index >= 15 is 0 Å². The van der Waals surface area contributed by atoms with Crippen molar-refractivity contribution in [1.29, 1.82) is 0 Å². The van der Waals surface area contributed by atoms with Crippen molar-refractivity contribution in [2.45, 2.75) is 34.1 Å². The van der Waals surface area contributed by atoms with Crippen LogP contribution in [0.4, 0.5) is 20.2 Å². The fourth-order valence-corrected chi connectivity index (χ4v) is 7.01. The Morgan fingerprint density at radius 1 is 0.900 bits per heavy atom. The number of benzene rings is 2. The zero-order chi connectivity index (χ0) is 35.5. The number of hydrogen-bond donors (Lipinski definition) is 1. The van der Waals surface area contributed by atoms with Crippen LogP contribution in [0.15, 0.2) is 48.5 Å². The molecule has 0 amide bonds. The summed E-state index contributed by atoms with van der Waals surface area (Å²) in [7, 11) is -7.33. The van der Waals surface area contributed by atoms with Crippen LogP contribution in [0.5, 0.6) is 0 Å². The van der Waals surface area contributed by atoms with Crippen molar-refractivity contribution < 1.29 is 164 Å². The van der Waals surface area contributed by atoms with Crippen molar-refractivity contribution >= 4 is 66.1 Å². The normalized spacial score (nSPS) is 15.4. The van der Waals surface area contributed by atoms with Gasteiger partial charge in [0, 0.05) is 26.2 Å². The maximum Gasteiger partial charge on any atom is 1.00 e. The Balaban J connectivity index is -0.000000324. The molecule has 4 rings (SSSR count). The molecule has 0 bridgehead atoms. The molecule has 1 N–H and O–H groups in total. The van der Waals surface area contributed by atoms with E-state index in [1.807, 2.05) is 0 Å². The number of alkyl halides is 1. The average molecular weight is 870 g/mol. The summed E-state index contributed by atoms with van der Waals surface area (Å²) in [4.78, 5) is 32.9. The van der Waals surface area contributed by atoms with Crippen LogP contribution < -0.4 is 121 Å². The van der Waals surface area contributed by atoms with Gasteiger partial charge in [-0.05, 0) is 63.1 Å². The maximum absolute atomic E-state index is 13.3. The molecule has 2 aliphatic heterocycles. The van der Waals surface area contributed by atoms with Crippen LogP contribution in [0.3, 0.4) is 0 Å². The summed E-state index contributed by atoms with van der Waals surface area (Å²) in [5.74, 6) is -1.75. The molecular formula is C28H41BrF2K2N4O11S2. The molecule has 2 fully saturated rings. The molecular weight excluding hydrogens is 829 g/mol. The van der Waals surface area contributed by atoms with Crippen molar-refractivity contribution in [2.24, 2.45) is 0 Å². The first-order chi connectivity index (χ1) is 22.3. The first-order valence-corrected chi connectivity index (χ1v) is 17.9. The number of ether oxygens (including phenoxy) is 2. The predicted octanol–water partition coefficient (Wildman–Crippen LogP) is -3.85. The van der Waals surface area contributed by atoms with Gasteiger partial charge in [0.15, 0.2) is 0 Å². The topological polar surface area (TPSA) is 192 Å². The second kappa shape index (κ2) is 29.2. The van der Waals surface area contributed by atoms with E-state index in [0.29, 0.717) is 37.1 Å². The molecule has 0 aromatic heterocycles. The number of nitrogens with zero attached hydrogens (tertiary/aromatic N) is 3. The third kappa shape index (κ3) is 19.8. The quantitative estimate of drug-likeness (QED) is 0.0683. The largest absolute Gasteiger partial charge is 1.00 e. The summed E-state index contributed by atoms with van der Waals surface area (Å²) in [6.45, 7) is 4.90. The zero-order valence-corrected chi connectivity index (χ0v) is 37.0. The third-order valence-corrected chi connectivity index (χ3v) is 9.66. The number of anilines is 2. The first-order valence-electron chi connectivity index (χ1n) is 13.9. The zero-order valence-electron chi connectivity index (χ0n) is 28.5. The Hall–Kier alpha value is -0.157. The van der Waals surface area contributed by atoms with E-state index in [-0.39, 0.29) is 156 Å². The molecule has 50 heavy (non-hydrogen) atoms. The maximum atomic E-state index is 13.3. The van der Waals surface area contributed by atoms with Gasteiger partial charge in [0.2, 0.25) is 0 Å². The van der Waals surface area contributed by atoms with Gasteiger partial charge >= 0.3 is 135 Å². The van der Waals surface area contributed by atoms with E-state index in [1.54, 1.807) is 19.9 Å². The molecule has 0 aliphatic carbocycles. The number of esters is 2. The van der Waals surface area contributed by atoms with Crippen LogP contribution in [0, 0.1) is 11.6 Å². The second-order valence-corrected chi connectivity index (χ2v) is 13.1. The number of hydrogen-bond acceptors (Lipinski definition) is 11. The minimum Gasteiger partial charge on any atom is -1.00 e. The molecule has 0 atom stereocenters. The van der Waals surface area contributed by atoms with E-state index < -0.39 is 38.0 Å². The molecule has 0 spiro atoms. The number of halogens is 3. The minimum atomic E-state index is -3.85. The number of carbonyl (C=O) groups is 3. The Kier molecular flexibility index (Phi) is 31.7. The van der Waals surface area contributed by atoms with Crippen LogP contribution in [0.2, 0.25) is 0 Å². The van der Waals surface area contributed by atoms with Gasteiger partial charge in [0.25, 0.3) is 6.47 Å². The molecule has 2 aromatic rings. The van der Waals surface area contributed by atoms with Crippen molar-refractivity contribution in [2.75, 3.05) is 59.9 Å². The van der Waals surface area contributed by atoms with Gasteiger partial charge in [-0.2, -0.15) is 25.9 Å². The summed E-state index contributed by atoms with van der Waals surface area (Å²) in [5, 5.41) is 8.72. The molecule has 0 saturated carbocycles. The van der Waals surface area contributed by atoms with Gasteiger partial charge in [-0.3, -0.25) is 23.0 Å². The first kappa shape index (κ1) is 54.2. The van der Waals surface area contributed by atoms with E-state index in [2.05, 4.69) is 30.3 Å². The van der Waals surface area contributed by atoms with Crippen molar-refractivity contribution in [3.8, 4) is 0 Å². The summed E-state index contributed by atoms with van der Waals surface area (Å²) >= 11 is 2.94. The molecule has 2 aliphatic rings. The Labute approximate surface area is 387 Å². The van der Waals surface area contributed by atoms with Gasteiger partial charge in [0.05, 0.1) is 24.6 Å². The van der Waals surface area contributed by atoms with Crippen LogP contribution in [0.25, 0.3) is 0 Å². The van der Waals surface area contributed by atoms with Crippen LogP contribution in [0.1, 0.15) is 35.5 Å².